The summed E-state index contributed by atoms with van der Waals surface area (Å²) in [6.45, 7) is 3.99. The molecule has 0 aliphatic carbocycles. The average Bonchev–Trinajstić information content (AvgIpc) is 3.13. The molecule has 0 saturated heterocycles. The van der Waals surface area contributed by atoms with Crippen LogP contribution in [0.1, 0.15) is 19.4 Å². The summed E-state index contributed by atoms with van der Waals surface area (Å²) in [4.78, 5) is 0. The number of hydrogen-bond donors (Lipinski definition) is 1. The number of nitrogens with one attached hydrogen (secondary N) is 1. The zero-order valence-corrected chi connectivity index (χ0v) is 17.6. The van der Waals surface area contributed by atoms with Crippen molar-refractivity contribution in [3.8, 4) is 28.3 Å². The average molecular weight is 415 g/mol. The minimum atomic E-state index is 0.0953. The Hall–Kier alpha value is -3.51. The van der Waals surface area contributed by atoms with Gasteiger partial charge in [-0.05, 0) is 54.9 Å². The maximum absolute atomic E-state index is 5.79. The number of rotatable bonds is 6. The number of hydrogen-bond acceptors (Lipinski definition) is 4. The smallest absolute Gasteiger partial charge is 0.216 e. The van der Waals surface area contributed by atoms with Crippen molar-refractivity contribution >= 4 is 18.4 Å². The molecule has 0 aliphatic heterocycles. The topological polar surface area (TPSA) is 55.2 Å². The lowest BCUT2D eigenvalue weighted by Gasteiger charge is -2.10. The molecule has 0 saturated carbocycles. The molecule has 1 heterocycles. The minimum absolute atomic E-state index is 0.0953. The molecule has 0 aliphatic rings. The Kier molecular flexibility index (Phi) is 5.86. The van der Waals surface area contributed by atoms with Crippen LogP contribution in [0.25, 0.3) is 22.5 Å². The first kappa shape index (κ1) is 19.8. The third-order valence-corrected chi connectivity index (χ3v) is 4.72. The molecule has 0 amide bonds. The molecule has 4 aromatic rings. The molecule has 1 N–H and O–H groups in total. The van der Waals surface area contributed by atoms with Crippen molar-refractivity contribution in [2.75, 3.05) is 0 Å². The Balaban J connectivity index is 1.60. The standard InChI is InChI=1S/C24H22N4OS/c1-17(2)29-22-10-6-9-21(15-22)23-26-27-24(30)28(23)25-16-18-11-13-20(14-12-18)19-7-4-3-5-8-19/h3-17H,1-2H3,(H,27,30)/b25-16-. The Morgan fingerprint density at radius 3 is 2.37 bits per heavy atom. The maximum atomic E-state index is 5.79. The Labute approximate surface area is 180 Å². The third kappa shape index (κ3) is 4.55. The SMILES string of the molecule is CC(C)Oc1cccc(-c2n[nH]c(=S)n2/N=C\c2ccc(-c3ccccc3)cc2)c1. The first-order chi connectivity index (χ1) is 14.6. The fourth-order valence-electron chi connectivity index (χ4n) is 3.08. The molecule has 0 fully saturated rings. The van der Waals surface area contributed by atoms with E-state index in [-0.39, 0.29) is 6.10 Å². The second kappa shape index (κ2) is 8.88. The lowest BCUT2D eigenvalue weighted by atomic mass is 10.0. The van der Waals surface area contributed by atoms with Crippen LogP contribution in [0.15, 0.2) is 84.0 Å². The summed E-state index contributed by atoms with van der Waals surface area (Å²) in [5, 5.41) is 11.7. The van der Waals surface area contributed by atoms with Crippen molar-refractivity contribution in [2.45, 2.75) is 20.0 Å². The first-order valence-corrected chi connectivity index (χ1v) is 10.2. The van der Waals surface area contributed by atoms with Crippen LogP contribution in [0.3, 0.4) is 0 Å². The molecule has 5 nitrogen and oxygen atoms in total. The van der Waals surface area contributed by atoms with Gasteiger partial charge in [-0.3, -0.25) is 0 Å². The van der Waals surface area contributed by atoms with E-state index in [4.69, 9.17) is 17.0 Å². The van der Waals surface area contributed by atoms with Gasteiger partial charge in [0.15, 0.2) is 5.82 Å². The molecule has 0 bridgehead atoms. The van der Waals surface area contributed by atoms with Crippen molar-refractivity contribution in [3.05, 3.63) is 89.2 Å². The van der Waals surface area contributed by atoms with E-state index in [2.05, 4.69) is 39.6 Å². The van der Waals surface area contributed by atoms with Crippen LogP contribution in [0.5, 0.6) is 5.75 Å². The van der Waals surface area contributed by atoms with Gasteiger partial charge in [0.2, 0.25) is 4.77 Å². The highest BCUT2D eigenvalue weighted by Gasteiger charge is 2.10. The van der Waals surface area contributed by atoms with E-state index >= 15 is 0 Å². The van der Waals surface area contributed by atoms with Gasteiger partial charge in [-0.15, -0.1) is 0 Å². The van der Waals surface area contributed by atoms with Crippen molar-refractivity contribution < 1.29 is 4.74 Å². The Morgan fingerprint density at radius 2 is 1.63 bits per heavy atom. The molecule has 0 spiro atoms. The van der Waals surface area contributed by atoms with E-state index in [1.54, 1.807) is 10.9 Å². The lowest BCUT2D eigenvalue weighted by Crippen LogP contribution is -2.05. The van der Waals surface area contributed by atoms with Gasteiger partial charge in [0.05, 0.1) is 12.3 Å². The van der Waals surface area contributed by atoms with Crippen molar-refractivity contribution in [2.24, 2.45) is 5.10 Å². The van der Waals surface area contributed by atoms with E-state index in [0.717, 1.165) is 22.4 Å². The van der Waals surface area contributed by atoms with Gasteiger partial charge in [-0.25, -0.2) is 5.10 Å². The normalized spacial score (nSPS) is 11.3. The summed E-state index contributed by atoms with van der Waals surface area (Å²) < 4.78 is 7.84. The summed E-state index contributed by atoms with van der Waals surface area (Å²) >= 11 is 5.38. The molecule has 3 aromatic carbocycles. The monoisotopic (exact) mass is 414 g/mol. The van der Waals surface area contributed by atoms with Crippen LogP contribution in [0.4, 0.5) is 0 Å². The molecule has 0 radical (unpaired) electrons. The number of benzene rings is 3. The first-order valence-electron chi connectivity index (χ1n) is 9.74. The summed E-state index contributed by atoms with van der Waals surface area (Å²) in [7, 11) is 0. The number of aromatic nitrogens is 3. The number of ether oxygens (including phenoxy) is 1. The molecule has 0 unspecified atom stereocenters. The summed E-state index contributed by atoms with van der Waals surface area (Å²) in [6.07, 6.45) is 1.87. The van der Waals surface area contributed by atoms with Gasteiger partial charge in [-0.1, -0.05) is 66.7 Å². The lowest BCUT2D eigenvalue weighted by molar-refractivity contribution is 0.242. The molecule has 150 valence electrons. The van der Waals surface area contributed by atoms with Crippen LogP contribution in [-0.4, -0.2) is 27.2 Å². The molecule has 6 heteroatoms. The maximum Gasteiger partial charge on any atom is 0.216 e. The van der Waals surface area contributed by atoms with Crippen LogP contribution in [0.2, 0.25) is 0 Å². The van der Waals surface area contributed by atoms with Gasteiger partial charge in [0.1, 0.15) is 5.75 Å². The second-order valence-electron chi connectivity index (χ2n) is 7.09. The Morgan fingerprint density at radius 1 is 0.933 bits per heavy atom. The largest absolute Gasteiger partial charge is 0.491 e. The number of aromatic amines is 1. The van der Waals surface area contributed by atoms with Crippen LogP contribution >= 0.6 is 12.2 Å². The van der Waals surface area contributed by atoms with Crippen molar-refractivity contribution in [1.29, 1.82) is 0 Å². The van der Waals surface area contributed by atoms with Gasteiger partial charge in [0, 0.05) is 5.56 Å². The quantitative estimate of drug-likeness (QED) is 0.314. The second-order valence-corrected chi connectivity index (χ2v) is 7.48. The summed E-state index contributed by atoms with van der Waals surface area (Å²) in [5.74, 6) is 1.41. The summed E-state index contributed by atoms with van der Waals surface area (Å²) in [6, 6.07) is 26.3. The molecule has 0 atom stereocenters. The number of H-pyrrole nitrogens is 1. The zero-order chi connectivity index (χ0) is 20.9. The summed E-state index contributed by atoms with van der Waals surface area (Å²) in [5.41, 5.74) is 4.19. The highest BCUT2D eigenvalue weighted by Crippen LogP contribution is 2.23. The van der Waals surface area contributed by atoms with E-state index in [9.17, 15) is 0 Å². The predicted molar refractivity (Wildman–Crippen MR) is 123 cm³/mol. The highest BCUT2D eigenvalue weighted by molar-refractivity contribution is 7.71. The van der Waals surface area contributed by atoms with E-state index in [1.807, 2.05) is 68.4 Å². The van der Waals surface area contributed by atoms with Crippen molar-refractivity contribution in [3.63, 3.8) is 0 Å². The van der Waals surface area contributed by atoms with Gasteiger partial charge < -0.3 is 4.74 Å². The fourth-order valence-corrected chi connectivity index (χ4v) is 3.26. The minimum Gasteiger partial charge on any atom is -0.491 e. The van der Waals surface area contributed by atoms with E-state index in [0.29, 0.717) is 10.6 Å². The Bertz CT molecular complexity index is 1210. The fraction of sp³-hybridized carbons (Fsp3) is 0.125. The van der Waals surface area contributed by atoms with Gasteiger partial charge in [-0.2, -0.15) is 14.9 Å². The van der Waals surface area contributed by atoms with Gasteiger partial charge >= 0.3 is 0 Å². The van der Waals surface area contributed by atoms with Crippen LogP contribution in [-0.2, 0) is 0 Å². The number of nitrogens with zero attached hydrogens (tertiary/aromatic N) is 3. The van der Waals surface area contributed by atoms with Crippen molar-refractivity contribution in [1.82, 2.24) is 14.9 Å². The zero-order valence-electron chi connectivity index (χ0n) is 16.8. The third-order valence-electron chi connectivity index (χ3n) is 4.45. The molecular formula is C24H22N4OS. The van der Waals surface area contributed by atoms with Gasteiger partial charge in [0.25, 0.3) is 0 Å². The highest BCUT2D eigenvalue weighted by atomic mass is 32.1. The van der Waals surface area contributed by atoms with Crippen LogP contribution < -0.4 is 4.74 Å². The van der Waals surface area contributed by atoms with E-state index < -0.39 is 0 Å². The van der Waals surface area contributed by atoms with E-state index in [1.165, 1.54) is 5.56 Å². The molecular weight excluding hydrogens is 392 g/mol. The molecule has 1 aromatic heterocycles. The van der Waals surface area contributed by atoms with Crippen LogP contribution in [0, 0.1) is 4.77 Å². The predicted octanol–water partition coefficient (Wildman–Crippen LogP) is 5.94. The molecule has 4 rings (SSSR count). The molecule has 30 heavy (non-hydrogen) atoms.